The van der Waals surface area contributed by atoms with Crippen molar-refractivity contribution in [2.24, 2.45) is 5.92 Å². The van der Waals surface area contributed by atoms with Crippen LogP contribution >= 0.6 is 0 Å². The smallest absolute Gasteiger partial charge is 0.335 e. The number of carbonyl (C=O) groups excluding carboxylic acids is 1. The number of amides is 1. The van der Waals surface area contributed by atoms with E-state index < -0.39 is 21.1 Å². The molecule has 2 aromatic heterocycles. The van der Waals surface area contributed by atoms with E-state index in [0.717, 1.165) is 0 Å². The summed E-state index contributed by atoms with van der Waals surface area (Å²) in [6.45, 7) is 3.72. The monoisotopic (exact) mass is 400 g/mol. The van der Waals surface area contributed by atoms with Crippen LogP contribution in [0.5, 0.6) is 0 Å². The summed E-state index contributed by atoms with van der Waals surface area (Å²) in [7, 11) is -3.79. The fourth-order valence-corrected chi connectivity index (χ4v) is 3.70. The molecule has 0 fully saturated rings. The molecule has 0 spiro atoms. The Morgan fingerprint density at radius 2 is 1.75 bits per heavy atom. The summed E-state index contributed by atoms with van der Waals surface area (Å²) < 4.78 is 30.6. The van der Waals surface area contributed by atoms with E-state index >= 15 is 0 Å². The Morgan fingerprint density at radius 3 is 2.39 bits per heavy atom. The van der Waals surface area contributed by atoms with Gasteiger partial charge in [-0.2, -0.15) is 0 Å². The molecule has 9 heteroatoms. The lowest BCUT2D eigenvalue weighted by Crippen LogP contribution is -2.32. The van der Waals surface area contributed by atoms with Crippen molar-refractivity contribution < 1.29 is 17.6 Å². The lowest BCUT2D eigenvalue weighted by atomic mass is 10.0. The lowest BCUT2D eigenvalue weighted by Gasteiger charge is -2.18. The van der Waals surface area contributed by atoms with Gasteiger partial charge in [-0.1, -0.05) is 49.3 Å². The van der Waals surface area contributed by atoms with E-state index in [1.807, 2.05) is 13.8 Å². The van der Waals surface area contributed by atoms with Crippen molar-refractivity contribution in [3.05, 3.63) is 71.9 Å². The van der Waals surface area contributed by atoms with Gasteiger partial charge in [0.25, 0.3) is 5.91 Å². The van der Waals surface area contributed by atoms with Crippen molar-refractivity contribution in [2.45, 2.75) is 30.9 Å². The van der Waals surface area contributed by atoms with Gasteiger partial charge in [0.15, 0.2) is 0 Å². The third-order valence-electron chi connectivity index (χ3n) is 4.05. The third kappa shape index (κ3) is 4.61. The SMILES string of the molecule is CC(C)[C@H](NC(=O)c1ccncc1)c1nnc(S(=O)(=O)Cc2ccccc2)o1. The summed E-state index contributed by atoms with van der Waals surface area (Å²) in [6, 6.07) is 11.3. The second-order valence-corrected chi connectivity index (χ2v) is 8.45. The summed E-state index contributed by atoms with van der Waals surface area (Å²) in [5, 5.41) is 9.91. The zero-order chi connectivity index (χ0) is 20.1. The molecule has 2 heterocycles. The molecule has 0 aliphatic heterocycles. The van der Waals surface area contributed by atoms with Crippen LogP contribution < -0.4 is 5.32 Å². The third-order valence-corrected chi connectivity index (χ3v) is 5.46. The molecule has 0 bridgehead atoms. The first-order valence-electron chi connectivity index (χ1n) is 8.68. The van der Waals surface area contributed by atoms with Crippen LogP contribution in [0.2, 0.25) is 0 Å². The van der Waals surface area contributed by atoms with Gasteiger partial charge in [0, 0.05) is 18.0 Å². The molecule has 1 atom stereocenters. The molecule has 1 aromatic carbocycles. The van der Waals surface area contributed by atoms with Gasteiger partial charge in [-0.25, -0.2) is 8.42 Å². The molecule has 0 aliphatic rings. The van der Waals surface area contributed by atoms with Crippen LogP contribution in [-0.4, -0.2) is 29.5 Å². The number of aromatic nitrogens is 3. The number of sulfone groups is 1. The van der Waals surface area contributed by atoms with Crippen LogP contribution in [0.3, 0.4) is 0 Å². The number of nitrogens with one attached hydrogen (secondary N) is 1. The number of nitrogens with zero attached hydrogens (tertiary/aromatic N) is 3. The van der Waals surface area contributed by atoms with Gasteiger partial charge >= 0.3 is 5.22 Å². The molecule has 0 aliphatic carbocycles. The van der Waals surface area contributed by atoms with Crippen LogP contribution in [0.15, 0.2) is 64.5 Å². The van der Waals surface area contributed by atoms with Crippen molar-refractivity contribution in [2.75, 3.05) is 0 Å². The highest BCUT2D eigenvalue weighted by atomic mass is 32.2. The van der Waals surface area contributed by atoms with E-state index in [1.165, 1.54) is 12.4 Å². The molecule has 1 N–H and O–H groups in total. The average molecular weight is 400 g/mol. The highest BCUT2D eigenvalue weighted by Crippen LogP contribution is 2.24. The maximum atomic E-state index is 12.6. The van der Waals surface area contributed by atoms with Crippen LogP contribution in [0, 0.1) is 5.92 Å². The largest absolute Gasteiger partial charge is 0.410 e. The quantitative estimate of drug-likeness (QED) is 0.648. The summed E-state index contributed by atoms with van der Waals surface area (Å²) >= 11 is 0. The van der Waals surface area contributed by atoms with Gasteiger partial charge in [-0.15, -0.1) is 5.10 Å². The van der Waals surface area contributed by atoms with E-state index in [-0.39, 0.29) is 23.5 Å². The molecule has 1 amide bonds. The van der Waals surface area contributed by atoms with Crippen LogP contribution in [0.4, 0.5) is 0 Å². The zero-order valence-corrected chi connectivity index (χ0v) is 16.3. The highest BCUT2D eigenvalue weighted by Gasteiger charge is 2.29. The average Bonchev–Trinajstić information content (AvgIpc) is 3.17. The number of hydrogen-bond donors (Lipinski definition) is 1. The number of hydrogen-bond acceptors (Lipinski definition) is 7. The molecule has 0 saturated heterocycles. The molecular formula is C19H20N4O4S. The summed E-state index contributed by atoms with van der Waals surface area (Å²) in [4.78, 5) is 16.3. The standard InChI is InChI=1S/C19H20N4O4S/c1-13(2)16(21-17(24)15-8-10-20-11-9-15)18-22-23-19(27-18)28(25,26)12-14-6-4-3-5-7-14/h3-11,13,16H,12H2,1-2H3,(H,21,24)/t16-/m0/s1. The Kier molecular flexibility index (Phi) is 5.84. The minimum atomic E-state index is -3.79. The van der Waals surface area contributed by atoms with Gasteiger partial charge < -0.3 is 9.73 Å². The van der Waals surface area contributed by atoms with Crippen molar-refractivity contribution >= 4 is 15.7 Å². The van der Waals surface area contributed by atoms with E-state index in [2.05, 4.69) is 20.5 Å². The fourth-order valence-electron chi connectivity index (χ4n) is 2.57. The lowest BCUT2D eigenvalue weighted by molar-refractivity contribution is 0.0915. The van der Waals surface area contributed by atoms with Gasteiger partial charge in [0.2, 0.25) is 15.7 Å². The molecule has 0 radical (unpaired) electrons. The Balaban J connectivity index is 1.80. The number of pyridine rings is 1. The minimum absolute atomic E-state index is 0.0454. The first kappa shape index (κ1) is 19.7. The second-order valence-electron chi connectivity index (χ2n) is 6.58. The normalized spacial score (nSPS) is 12.7. The van der Waals surface area contributed by atoms with E-state index in [9.17, 15) is 13.2 Å². The van der Waals surface area contributed by atoms with Gasteiger partial charge in [0.1, 0.15) is 6.04 Å². The van der Waals surface area contributed by atoms with Gasteiger partial charge in [0.05, 0.1) is 5.75 Å². The van der Waals surface area contributed by atoms with E-state index in [1.54, 1.807) is 42.5 Å². The summed E-state index contributed by atoms with van der Waals surface area (Å²) in [5.41, 5.74) is 1.05. The second kappa shape index (κ2) is 8.30. The summed E-state index contributed by atoms with van der Waals surface area (Å²) in [6.07, 6.45) is 3.03. The fraction of sp³-hybridized carbons (Fsp3) is 0.263. The van der Waals surface area contributed by atoms with Crippen LogP contribution in [0.25, 0.3) is 0 Å². The maximum Gasteiger partial charge on any atom is 0.335 e. The first-order chi connectivity index (χ1) is 13.4. The van der Waals surface area contributed by atoms with Gasteiger partial charge in [-0.05, 0) is 23.6 Å². The highest BCUT2D eigenvalue weighted by molar-refractivity contribution is 7.90. The predicted octanol–water partition coefficient (Wildman–Crippen LogP) is 2.57. The van der Waals surface area contributed by atoms with E-state index in [4.69, 9.17) is 4.42 Å². The van der Waals surface area contributed by atoms with Crippen LogP contribution in [0.1, 0.15) is 41.7 Å². The predicted molar refractivity (Wildman–Crippen MR) is 101 cm³/mol. The van der Waals surface area contributed by atoms with Crippen molar-refractivity contribution in [1.82, 2.24) is 20.5 Å². The molecule has 3 aromatic rings. The molecule has 0 unspecified atom stereocenters. The number of benzene rings is 1. The number of rotatable bonds is 7. The van der Waals surface area contributed by atoms with Crippen molar-refractivity contribution in [3.8, 4) is 0 Å². The maximum absolute atomic E-state index is 12.6. The molecule has 0 saturated carbocycles. The number of carbonyl (C=O) groups is 1. The molecule has 3 rings (SSSR count). The molecule has 8 nitrogen and oxygen atoms in total. The molecule has 28 heavy (non-hydrogen) atoms. The van der Waals surface area contributed by atoms with Crippen LogP contribution in [-0.2, 0) is 15.6 Å². The van der Waals surface area contributed by atoms with Crippen molar-refractivity contribution in [3.63, 3.8) is 0 Å². The zero-order valence-electron chi connectivity index (χ0n) is 15.4. The molecular weight excluding hydrogens is 380 g/mol. The topological polar surface area (TPSA) is 115 Å². The van der Waals surface area contributed by atoms with Gasteiger partial charge in [-0.3, -0.25) is 9.78 Å². The first-order valence-corrected chi connectivity index (χ1v) is 10.3. The molecule has 146 valence electrons. The Morgan fingerprint density at radius 1 is 1.07 bits per heavy atom. The Bertz CT molecular complexity index is 1030. The summed E-state index contributed by atoms with van der Waals surface area (Å²) in [5.74, 6) is -0.640. The van der Waals surface area contributed by atoms with E-state index in [0.29, 0.717) is 11.1 Å². The Hall–Kier alpha value is -3.07. The van der Waals surface area contributed by atoms with Crippen molar-refractivity contribution in [1.29, 1.82) is 0 Å². The minimum Gasteiger partial charge on any atom is -0.410 e. The Labute approximate surface area is 162 Å².